The molecule has 0 aromatic carbocycles. The van der Waals surface area contributed by atoms with Gasteiger partial charge < -0.3 is 15.0 Å². The monoisotopic (exact) mass is 230 g/mol. The lowest BCUT2D eigenvalue weighted by Gasteiger charge is -2.29. The molecule has 0 aromatic rings. The minimum atomic E-state index is 0.576. The number of nitrogens with one attached hydrogen (secondary N) is 1. The van der Waals surface area contributed by atoms with Crippen LogP contribution in [0, 0.1) is 0 Å². The summed E-state index contributed by atoms with van der Waals surface area (Å²) in [5.74, 6) is 0. The summed E-state index contributed by atoms with van der Waals surface area (Å²) in [4.78, 5) is 2.46. The Morgan fingerprint density at radius 3 is 2.50 bits per heavy atom. The highest BCUT2D eigenvalue weighted by molar-refractivity contribution is 4.72. The Morgan fingerprint density at radius 1 is 1.31 bits per heavy atom. The molecule has 0 aromatic heterocycles. The molecule has 0 amide bonds. The van der Waals surface area contributed by atoms with Crippen molar-refractivity contribution in [1.82, 2.24) is 10.2 Å². The van der Waals surface area contributed by atoms with E-state index in [1.807, 2.05) is 0 Å². The van der Waals surface area contributed by atoms with E-state index in [-0.39, 0.29) is 0 Å². The number of likely N-dealkylation sites (N-methyl/N-ethyl adjacent to an activating group) is 1. The van der Waals surface area contributed by atoms with Crippen molar-refractivity contribution in [2.24, 2.45) is 0 Å². The Hall–Kier alpha value is -0.120. The van der Waals surface area contributed by atoms with Crippen molar-refractivity contribution in [3.63, 3.8) is 0 Å². The van der Waals surface area contributed by atoms with Gasteiger partial charge >= 0.3 is 0 Å². The van der Waals surface area contributed by atoms with Crippen LogP contribution in [0.3, 0.4) is 0 Å². The summed E-state index contributed by atoms with van der Waals surface area (Å²) < 4.78 is 5.09. The number of hydrogen-bond acceptors (Lipinski definition) is 3. The standard InChI is InChI=1S/C13H30N2O/c1-6-8-13(11-14-12(2)3)15(4)9-7-10-16-5/h12-14H,6-11H2,1-5H3. The third-order valence-corrected chi connectivity index (χ3v) is 2.87. The van der Waals surface area contributed by atoms with Crippen LogP contribution in [-0.4, -0.2) is 50.8 Å². The van der Waals surface area contributed by atoms with Gasteiger partial charge in [-0.15, -0.1) is 0 Å². The number of rotatable bonds is 10. The molecule has 1 N–H and O–H groups in total. The van der Waals surface area contributed by atoms with Gasteiger partial charge in [0.1, 0.15) is 0 Å². The fourth-order valence-electron chi connectivity index (χ4n) is 1.82. The quantitative estimate of drug-likeness (QED) is 0.582. The molecule has 0 bridgehead atoms. The van der Waals surface area contributed by atoms with E-state index < -0.39 is 0 Å². The smallest absolute Gasteiger partial charge is 0.0474 e. The number of methoxy groups -OCH3 is 1. The van der Waals surface area contributed by atoms with E-state index in [1.165, 1.54) is 12.8 Å². The molecular formula is C13H30N2O. The summed E-state index contributed by atoms with van der Waals surface area (Å²) in [6.45, 7) is 9.74. The predicted molar refractivity (Wildman–Crippen MR) is 71.0 cm³/mol. The second kappa shape index (κ2) is 10.1. The maximum atomic E-state index is 5.09. The van der Waals surface area contributed by atoms with Crippen molar-refractivity contribution in [2.45, 2.75) is 52.1 Å². The molecule has 0 heterocycles. The Balaban J connectivity index is 3.87. The molecule has 16 heavy (non-hydrogen) atoms. The Bertz CT molecular complexity index is 151. The summed E-state index contributed by atoms with van der Waals surface area (Å²) in [5, 5.41) is 3.53. The van der Waals surface area contributed by atoms with Gasteiger partial charge in [-0.3, -0.25) is 0 Å². The minimum absolute atomic E-state index is 0.576. The van der Waals surface area contributed by atoms with Crippen LogP contribution in [0.2, 0.25) is 0 Å². The number of nitrogens with zero attached hydrogens (tertiary/aromatic N) is 1. The van der Waals surface area contributed by atoms with Gasteiger partial charge in [0.2, 0.25) is 0 Å². The van der Waals surface area contributed by atoms with E-state index in [1.54, 1.807) is 7.11 Å². The lowest BCUT2D eigenvalue weighted by Crippen LogP contribution is -2.42. The normalized spacial score (nSPS) is 13.7. The summed E-state index contributed by atoms with van der Waals surface area (Å²) >= 11 is 0. The lowest BCUT2D eigenvalue weighted by atomic mass is 10.1. The molecule has 0 saturated heterocycles. The van der Waals surface area contributed by atoms with Crippen LogP contribution in [0.25, 0.3) is 0 Å². The van der Waals surface area contributed by atoms with E-state index in [9.17, 15) is 0 Å². The van der Waals surface area contributed by atoms with Gasteiger partial charge in [-0.05, 0) is 19.9 Å². The molecule has 0 aliphatic heterocycles. The lowest BCUT2D eigenvalue weighted by molar-refractivity contribution is 0.160. The maximum absolute atomic E-state index is 5.09. The van der Waals surface area contributed by atoms with Crippen LogP contribution in [0.4, 0.5) is 0 Å². The highest BCUT2D eigenvalue weighted by Crippen LogP contribution is 2.05. The highest BCUT2D eigenvalue weighted by Gasteiger charge is 2.13. The molecule has 3 nitrogen and oxygen atoms in total. The summed E-state index contributed by atoms with van der Waals surface area (Å²) in [6, 6.07) is 1.23. The first-order valence-electron chi connectivity index (χ1n) is 6.54. The van der Waals surface area contributed by atoms with Crippen molar-refractivity contribution in [3.8, 4) is 0 Å². The fraction of sp³-hybridized carbons (Fsp3) is 1.00. The first-order valence-corrected chi connectivity index (χ1v) is 6.54. The topological polar surface area (TPSA) is 24.5 Å². The molecule has 1 atom stereocenters. The molecule has 98 valence electrons. The molecule has 0 aliphatic carbocycles. The Labute approximate surface area is 102 Å². The average molecular weight is 230 g/mol. The summed E-state index contributed by atoms with van der Waals surface area (Å²) in [6.07, 6.45) is 3.64. The first kappa shape index (κ1) is 15.9. The highest BCUT2D eigenvalue weighted by atomic mass is 16.5. The SMILES string of the molecule is CCCC(CNC(C)C)N(C)CCCOC. The molecule has 0 aliphatic rings. The van der Waals surface area contributed by atoms with Gasteiger partial charge in [-0.2, -0.15) is 0 Å². The molecule has 0 rings (SSSR count). The number of ether oxygens (including phenoxy) is 1. The second-order valence-electron chi connectivity index (χ2n) is 4.83. The Kier molecular flexibility index (Phi) is 9.99. The molecular weight excluding hydrogens is 200 g/mol. The minimum Gasteiger partial charge on any atom is -0.385 e. The third-order valence-electron chi connectivity index (χ3n) is 2.87. The van der Waals surface area contributed by atoms with Crippen LogP contribution < -0.4 is 5.32 Å². The first-order chi connectivity index (χ1) is 7.61. The van der Waals surface area contributed by atoms with E-state index in [2.05, 4.69) is 38.0 Å². The van der Waals surface area contributed by atoms with E-state index in [0.717, 1.165) is 26.1 Å². The predicted octanol–water partition coefficient (Wildman–Crippen LogP) is 2.12. The number of hydrogen-bond donors (Lipinski definition) is 1. The molecule has 0 spiro atoms. The average Bonchev–Trinajstić information content (AvgIpc) is 2.24. The van der Waals surface area contributed by atoms with Gasteiger partial charge in [0.05, 0.1) is 0 Å². The fourth-order valence-corrected chi connectivity index (χ4v) is 1.82. The molecule has 1 unspecified atom stereocenters. The van der Waals surface area contributed by atoms with Crippen LogP contribution in [0.1, 0.15) is 40.0 Å². The van der Waals surface area contributed by atoms with Crippen LogP contribution >= 0.6 is 0 Å². The van der Waals surface area contributed by atoms with Gasteiger partial charge in [0.25, 0.3) is 0 Å². The van der Waals surface area contributed by atoms with Crippen molar-refractivity contribution in [2.75, 3.05) is 33.9 Å². The van der Waals surface area contributed by atoms with Crippen molar-refractivity contribution < 1.29 is 4.74 Å². The van der Waals surface area contributed by atoms with E-state index >= 15 is 0 Å². The maximum Gasteiger partial charge on any atom is 0.0474 e. The third kappa shape index (κ3) is 8.08. The largest absolute Gasteiger partial charge is 0.385 e. The molecule has 0 saturated carbocycles. The van der Waals surface area contributed by atoms with E-state index in [0.29, 0.717) is 12.1 Å². The zero-order chi connectivity index (χ0) is 12.4. The zero-order valence-corrected chi connectivity index (χ0v) is 11.8. The van der Waals surface area contributed by atoms with Gasteiger partial charge in [-0.25, -0.2) is 0 Å². The van der Waals surface area contributed by atoms with Crippen molar-refractivity contribution in [1.29, 1.82) is 0 Å². The molecule has 0 fully saturated rings. The van der Waals surface area contributed by atoms with Crippen LogP contribution in [0.5, 0.6) is 0 Å². The molecule has 3 heteroatoms. The van der Waals surface area contributed by atoms with Gasteiger partial charge in [0.15, 0.2) is 0 Å². The van der Waals surface area contributed by atoms with E-state index in [4.69, 9.17) is 4.74 Å². The molecule has 0 radical (unpaired) electrons. The second-order valence-corrected chi connectivity index (χ2v) is 4.83. The summed E-state index contributed by atoms with van der Waals surface area (Å²) in [7, 11) is 3.99. The van der Waals surface area contributed by atoms with Crippen LogP contribution in [0.15, 0.2) is 0 Å². The van der Waals surface area contributed by atoms with Gasteiger partial charge in [-0.1, -0.05) is 27.2 Å². The van der Waals surface area contributed by atoms with Gasteiger partial charge in [0, 0.05) is 38.9 Å². The van der Waals surface area contributed by atoms with Crippen molar-refractivity contribution >= 4 is 0 Å². The zero-order valence-electron chi connectivity index (χ0n) is 11.8. The summed E-state index contributed by atoms with van der Waals surface area (Å²) in [5.41, 5.74) is 0. The Morgan fingerprint density at radius 2 is 2.00 bits per heavy atom. The van der Waals surface area contributed by atoms with Crippen molar-refractivity contribution in [3.05, 3.63) is 0 Å². The van der Waals surface area contributed by atoms with Crippen LogP contribution in [-0.2, 0) is 4.74 Å².